The zero-order valence-electron chi connectivity index (χ0n) is 37.2. The zero-order valence-corrected chi connectivity index (χ0v) is 37.2. The van der Waals surface area contributed by atoms with Crippen LogP contribution in [0.4, 0.5) is 34.1 Å². The SMILES string of the molecule is COc1cc(N(c2ccccc2)c2ccc3c(ccc4c5cc6c(cc5oc34)oc3c4ccc(N(c5ccccc5)c5cc(OC)c(OC)c(OC)c5)cc4ccc63)c2)cc(OC)c1OC. The van der Waals surface area contributed by atoms with Crippen molar-refractivity contribution in [3.63, 3.8) is 0 Å². The Hall–Kier alpha value is -8.50. The van der Waals surface area contributed by atoms with Gasteiger partial charge in [0, 0.05) is 85.4 Å². The summed E-state index contributed by atoms with van der Waals surface area (Å²) in [5.41, 5.74) is 8.72. The van der Waals surface area contributed by atoms with Crippen LogP contribution in [0, 0.1) is 0 Å². The number of anilines is 6. The quantitative estimate of drug-likeness (QED) is 0.118. The van der Waals surface area contributed by atoms with E-state index in [0.29, 0.717) is 34.5 Å². The standard InChI is InChI=1S/C56H44N2O8/c1-59-49-27-39(28-50(60-2)55(49)63-5)57(35-13-9-7-10-14-35)37-19-23-41-33(25-37)17-21-43-45-31-46-44-22-18-34-26-38(20-24-42(34)54(44)66-48(46)32-47(45)65-53(41)43)58(36-15-11-8-12-16-36)40-29-51(61-3)56(64-6)52(30-40)62-4/h7-32H,1-6H3. The third-order valence-corrected chi connectivity index (χ3v) is 12.4. The first-order chi connectivity index (χ1) is 32.4. The smallest absolute Gasteiger partial charge is 0.203 e. The number of furan rings is 2. The lowest BCUT2D eigenvalue weighted by Gasteiger charge is -2.27. The molecule has 326 valence electrons. The predicted octanol–water partition coefficient (Wildman–Crippen LogP) is 14.8. The number of fused-ring (bicyclic) bond motifs is 10. The Kier molecular flexibility index (Phi) is 9.92. The molecule has 2 aromatic heterocycles. The van der Waals surface area contributed by atoms with Gasteiger partial charge in [-0.15, -0.1) is 0 Å². The summed E-state index contributed by atoms with van der Waals surface area (Å²) in [5, 5.41) is 8.18. The minimum Gasteiger partial charge on any atom is -0.493 e. The largest absolute Gasteiger partial charge is 0.493 e. The molecule has 2 heterocycles. The minimum absolute atomic E-state index is 0.533. The molecule has 0 unspecified atom stereocenters. The molecule has 0 spiro atoms. The molecule has 11 rings (SSSR count). The van der Waals surface area contributed by atoms with E-state index in [2.05, 4.69) is 101 Å². The van der Waals surface area contributed by atoms with Crippen molar-refractivity contribution in [2.45, 2.75) is 0 Å². The van der Waals surface area contributed by atoms with E-state index in [1.807, 2.05) is 66.7 Å². The highest BCUT2D eigenvalue weighted by Gasteiger charge is 2.23. The number of methoxy groups -OCH3 is 6. The monoisotopic (exact) mass is 872 g/mol. The van der Waals surface area contributed by atoms with E-state index in [1.165, 1.54) is 0 Å². The van der Waals surface area contributed by atoms with Gasteiger partial charge in [-0.2, -0.15) is 0 Å². The molecule has 0 saturated heterocycles. The highest BCUT2D eigenvalue weighted by atomic mass is 16.5. The Morgan fingerprint density at radius 3 is 1.05 bits per heavy atom. The number of benzene rings is 9. The van der Waals surface area contributed by atoms with Crippen LogP contribution in [-0.2, 0) is 0 Å². The summed E-state index contributed by atoms with van der Waals surface area (Å²) >= 11 is 0. The maximum absolute atomic E-state index is 6.73. The van der Waals surface area contributed by atoms with Crippen LogP contribution in [0.3, 0.4) is 0 Å². The van der Waals surface area contributed by atoms with E-state index in [-0.39, 0.29) is 0 Å². The lowest BCUT2D eigenvalue weighted by Crippen LogP contribution is -2.10. The second-order valence-electron chi connectivity index (χ2n) is 15.9. The highest BCUT2D eigenvalue weighted by molar-refractivity contribution is 6.22. The normalized spacial score (nSPS) is 11.5. The summed E-state index contributed by atoms with van der Waals surface area (Å²) in [7, 11) is 9.72. The molecule has 66 heavy (non-hydrogen) atoms. The molecule has 0 N–H and O–H groups in total. The number of rotatable bonds is 12. The van der Waals surface area contributed by atoms with Crippen LogP contribution in [-0.4, -0.2) is 42.7 Å². The molecule has 0 bridgehead atoms. The van der Waals surface area contributed by atoms with Gasteiger partial charge in [0.15, 0.2) is 23.0 Å². The molecule has 11 aromatic rings. The van der Waals surface area contributed by atoms with Gasteiger partial charge in [0.25, 0.3) is 0 Å². The van der Waals surface area contributed by atoms with E-state index in [1.54, 1.807) is 42.7 Å². The lowest BCUT2D eigenvalue weighted by molar-refractivity contribution is 0.324. The van der Waals surface area contributed by atoms with Crippen molar-refractivity contribution in [2.75, 3.05) is 52.5 Å². The van der Waals surface area contributed by atoms with E-state index in [9.17, 15) is 0 Å². The predicted molar refractivity (Wildman–Crippen MR) is 265 cm³/mol. The number of para-hydroxylation sites is 2. The topological polar surface area (TPSA) is 88.1 Å². The average molecular weight is 873 g/mol. The van der Waals surface area contributed by atoms with Gasteiger partial charge < -0.3 is 47.1 Å². The van der Waals surface area contributed by atoms with Crippen LogP contribution >= 0.6 is 0 Å². The fourth-order valence-corrected chi connectivity index (χ4v) is 9.31. The van der Waals surface area contributed by atoms with Crippen molar-refractivity contribution < 1.29 is 37.3 Å². The Morgan fingerprint density at radius 1 is 0.303 bits per heavy atom. The van der Waals surface area contributed by atoms with Crippen molar-refractivity contribution in [1.29, 1.82) is 0 Å². The average Bonchev–Trinajstić information content (AvgIpc) is 3.93. The second-order valence-corrected chi connectivity index (χ2v) is 15.9. The van der Waals surface area contributed by atoms with Gasteiger partial charge in [-0.1, -0.05) is 48.5 Å². The maximum atomic E-state index is 6.73. The molecule has 0 saturated carbocycles. The van der Waals surface area contributed by atoms with Crippen LogP contribution < -0.4 is 38.2 Å². The molecule has 0 atom stereocenters. The molecule has 9 aromatic carbocycles. The van der Waals surface area contributed by atoms with Crippen molar-refractivity contribution in [3.8, 4) is 34.5 Å². The van der Waals surface area contributed by atoms with Crippen LogP contribution in [0.15, 0.2) is 167 Å². The van der Waals surface area contributed by atoms with Crippen LogP contribution in [0.1, 0.15) is 0 Å². The van der Waals surface area contributed by atoms with Crippen molar-refractivity contribution in [2.24, 2.45) is 0 Å². The minimum atomic E-state index is 0.533. The zero-order chi connectivity index (χ0) is 45.1. The third-order valence-electron chi connectivity index (χ3n) is 12.4. The van der Waals surface area contributed by atoms with Crippen LogP contribution in [0.5, 0.6) is 34.5 Å². The van der Waals surface area contributed by atoms with Crippen LogP contribution in [0.25, 0.3) is 65.4 Å². The van der Waals surface area contributed by atoms with Crippen molar-refractivity contribution in [3.05, 3.63) is 158 Å². The van der Waals surface area contributed by atoms with E-state index >= 15 is 0 Å². The fraction of sp³-hybridized carbons (Fsp3) is 0.107. The van der Waals surface area contributed by atoms with E-state index in [0.717, 1.165) is 99.5 Å². The Labute approximate surface area is 380 Å². The van der Waals surface area contributed by atoms with Gasteiger partial charge in [0.1, 0.15) is 22.3 Å². The summed E-state index contributed by atoms with van der Waals surface area (Å²) in [6, 6.07) is 54.0. The summed E-state index contributed by atoms with van der Waals surface area (Å²) < 4.78 is 47.8. The fourth-order valence-electron chi connectivity index (χ4n) is 9.31. The first-order valence-corrected chi connectivity index (χ1v) is 21.4. The molecule has 0 aliphatic heterocycles. The van der Waals surface area contributed by atoms with Gasteiger partial charge in [0.05, 0.1) is 54.0 Å². The molecule has 0 fully saturated rings. The number of nitrogens with zero attached hydrogens (tertiary/aromatic N) is 2. The molecule has 0 aliphatic rings. The summed E-state index contributed by atoms with van der Waals surface area (Å²) in [6.45, 7) is 0. The van der Waals surface area contributed by atoms with Crippen LogP contribution in [0.2, 0.25) is 0 Å². The molecule has 0 aliphatic carbocycles. The van der Waals surface area contributed by atoms with Gasteiger partial charge in [-0.3, -0.25) is 0 Å². The van der Waals surface area contributed by atoms with E-state index in [4.69, 9.17) is 37.3 Å². The molecular weight excluding hydrogens is 829 g/mol. The van der Waals surface area contributed by atoms with Gasteiger partial charge in [-0.25, -0.2) is 0 Å². The molecular formula is C56H44N2O8. The van der Waals surface area contributed by atoms with E-state index < -0.39 is 0 Å². The summed E-state index contributed by atoms with van der Waals surface area (Å²) in [6.07, 6.45) is 0. The lowest BCUT2D eigenvalue weighted by atomic mass is 10.0. The first kappa shape index (κ1) is 40.3. The highest BCUT2D eigenvalue weighted by Crippen LogP contribution is 2.48. The van der Waals surface area contributed by atoms with Gasteiger partial charge in [-0.05, 0) is 89.6 Å². The Balaban J connectivity index is 0.998. The second kappa shape index (κ2) is 16.2. The third kappa shape index (κ3) is 6.48. The molecule has 10 heteroatoms. The number of hydrogen-bond acceptors (Lipinski definition) is 10. The maximum Gasteiger partial charge on any atom is 0.203 e. The van der Waals surface area contributed by atoms with Crippen molar-refractivity contribution >= 4 is 99.5 Å². The van der Waals surface area contributed by atoms with Crippen molar-refractivity contribution in [1.82, 2.24) is 0 Å². The Morgan fingerprint density at radius 2 is 0.682 bits per heavy atom. The Bertz CT molecular complexity index is 3350. The van der Waals surface area contributed by atoms with Gasteiger partial charge >= 0.3 is 0 Å². The molecule has 0 amide bonds. The summed E-state index contributed by atoms with van der Waals surface area (Å²) in [5.74, 6) is 3.33. The first-order valence-electron chi connectivity index (χ1n) is 21.4. The summed E-state index contributed by atoms with van der Waals surface area (Å²) in [4.78, 5) is 4.34. The number of hydrogen-bond donors (Lipinski definition) is 0. The molecule has 10 nitrogen and oxygen atoms in total. The molecule has 0 radical (unpaired) electrons. The number of ether oxygens (including phenoxy) is 6. The van der Waals surface area contributed by atoms with Gasteiger partial charge in [0.2, 0.25) is 11.5 Å².